The Hall–Kier alpha value is -2.28. The van der Waals surface area contributed by atoms with E-state index in [9.17, 15) is 4.79 Å². The first-order chi connectivity index (χ1) is 12.3. The second kappa shape index (κ2) is 11.4. The van der Waals surface area contributed by atoms with Crippen molar-refractivity contribution >= 4 is 11.9 Å². The van der Waals surface area contributed by atoms with Crippen LogP contribution in [0.3, 0.4) is 0 Å². The zero-order valence-electron chi connectivity index (χ0n) is 16.1. The summed E-state index contributed by atoms with van der Waals surface area (Å²) in [5.74, 6) is 1.52. The van der Waals surface area contributed by atoms with Crippen LogP contribution in [0.5, 0.6) is 11.5 Å². The van der Waals surface area contributed by atoms with E-state index in [0.29, 0.717) is 18.9 Å². The molecule has 1 aromatic carbocycles. The molecule has 0 aromatic heterocycles. The van der Waals surface area contributed by atoms with Gasteiger partial charge in [-0.05, 0) is 31.5 Å². The Morgan fingerprint density at radius 2 is 1.96 bits per heavy atom. The van der Waals surface area contributed by atoms with Crippen LogP contribution >= 0.6 is 0 Å². The number of amides is 1. The number of benzene rings is 1. The smallest absolute Gasteiger partial charge is 0.300 e. The molecule has 0 saturated carbocycles. The molecule has 1 unspecified atom stereocenters. The fourth-order valence-corrected chi connectivity index (χ4v) is 2.83. The molecule has 146 valence electrons. The van der Waals surface area contributed by atoms with Gasteiger partial charge >= 0.3 is 0 Å². The average Bonchev–Trinajstić information content (AvgIpc) is 2.58. The molecule has 1 aliphatic rings. The van der Waals surface area contributed by atoms with Gasteiger partial charge in [0.05, 0.1) is 7.11 Å². The predicted octanol–water partition coefficient (Wildman–Crippen LogP) is 1.97. The normalized spacial score (nSPS) is 16.7. The fourth-order valence-electron chi connectivity index (χ4n) is 2.83. The minimum absolute atomic E-state index is 0.262. The van der Waals surface area contributed by atoms with Crippen LogP contribution in [0.2, 0.25) is 0 Å². The van der Waals surface area contributed by atoms with E-state index in [2.05, 4.69) is 11.9 Å². The van der Waals surface area contributed by atoms with Crippen molar-refractivity contribution in [3.8, 4) is 11.5 Å². The molecule has 2 rings (SSSR count). The van der Waals surface area contributed by atoms with E-state index < -0.39 is 5.97 Å². The third-order valence-corrected chi connectivity index (χ3v) is 4.09. The number of piperidine rings is 1. The lowest BCUT2D eigenvalue weighted by Crippen LogP contribution is -2.41. The van der Waals surface area contributed by atoms with Crippen molar-refractivity contribution in [2.75, 3.05) is 47.4 Å². The van der Waals surface area contributed by atoms with Crippen LogP contribution in [0.15, 0.2) is 24.3 Å². The average molecular weight is 366 g/mol. The molecule has 1 aromatic rings. The van der Waals surface area contributed by atoms with Crippen LogP contribution in [0, 0.1) is 5.92 Å². The molecule has 1 heterocycles. The third kappa shape index (κ3) is 8.20. The van der Waals surface area contributed by atoms with Gasteiger partial charge in [-0.3, -0.25) is 9.59 Å². The molecule has 7 heteroatoms. The molecule has 0 spiro atoms. The highest BCUT2D eigenvalue weighted by atomic mass is 16.5. The minimum atomic E-state index is -0.833. The van der Waals surface area contributed by atoms with E-state index in [1.807, 2.05) is 36.2 Å². The van der Waals surface area contributed by atoms with Gasteiger partial charge in [0.15, 0.2) is 11.5 Å². The van der Waals surface area contributed by atoms with E-state index in [1.54, 1.807) is 7.11 Å². The molecule has 26 heavy (non-hydrogen) atoms. The first kappa shape index (κ1) is 21.8. The summed E-state index contributed by atoms with van der Waals surface area (Å²) in [6.07, 6.45) is 1.66. The quantitative estimate of drug-likeness (QED) is 0.795. The van der Waals surface area contributed by atoms with Crippen LogP contribution in [0.1, 0.15) is 19.8 Å². The van der Waals surface area contributed by atoms with E-state index in [4.69, 9.17) is 19.4 Å². The van der Waals surface area contributed by atoms with E-state index in [-0.39, 0.29) is 5.91 Å². The van der Waals surface area contributed by atoms with Gasteiger partial charge in [0, 0.05) is 40.0 Å². The second-order valence-corrected chi connectivity index (χ2v) is 6.46. The lowest BCUT2D eigenvalue weighted by atomic mass is 9.97. The third-order valence-electron chi connectivity index (χ3n) is 4.09. The Morgan fingerprint density at radius 3 is 2.54 bits per heavy atom. The Labute approximate surface area is 155 Å². The summed E-state index contributed by atoms with van der Waals surface area (Å²) in [5.41, 5.74) is 0. The lowest BCUT2D eigenvalue weighted by Gasteiger charge is -2.32. The van der Waals surface area contributed by atoms with Crippen molar-refractivity contribution in [2.45, 2.75) is 19.8 Å². The summed E-state index contributed by atoms with van der Waals surface area (Å²) in [5, 5.41) is 7.42. The van der Waals surface area contributed by atoms with Crippen LogP contribution in [-0.4, -0.2) is 74.2 Å². The van der Waals surface area contributed by atoms with E-state index >= 15 is 0 Å². The van der Waals surface area contributed by atoms with Crippen molar-refractivity contribution in [3.63, 3.8) is 0 Å². The summed E-state index contributed by atoms with van der Waals surface area (Å²) in [4.78, 5) is 24.6. The molecular formula is C19H30N2O5. The fraction of sp³-hybridized carbons (Fsp3) is 0.579. The minimum Gasteiger partial charge on any atom is -0.493 e. The maximum Gasteiger partial charge on any atom is 0.300 e. The zero-order valence-corrected chi connectivity index (χ0v) is 16.1. The van der Waals surface area contributed by atoms with Gasteiger partial charge in [0.2, 0.25) is 5.91 Å². The number of ether oxygens (including phenoxy) is 2. The van der Waals surface area contributed by atoms with Crippen molar-refractivity contribution in [3.05, 3.63) is 24.3 Å². The van der Waals surface area contributed by atoms with Gasteiger partial charge in [-0.1, -0.05) is 12.1 Å². The highest BCUT2D eigenvalue weighted by Gasteiger charge is 2.23. The number of likely N-dealkylation sites (tertiary alicyclic amines) is 1. The predicted molar refractivity (Wildman–Crippen MR) is 99.7 cm³/mol. The largest absolute Gasteiger partial charge is 0.493 e. The number of para-hydroxylation sites is 2. The Bertz CT molecular complexity index is 575. The molecule has 0 aliphatic carbocycles. The lowest BCUT2D eigenvalue weighted by molar-refractivity contribution is -0.134. The summed E-state index contributed by atoms with van der Waals surface area (Å²) in [6, 6.07) is 7.68. The number of hydrogen-bond acceptors (Lipinski definition) is 5. The number of aliphatic carboxylic acids is 1. The van der Waals surface area contributed by atoms with Gasteiger partial charge in [-0.25, -0.2) is 0 Å². The number of carboxylic acids is 1. The molecular weight excluding hydrogens is 336 g/mol. The van der Waals surface area contributed by atoms with Gasteiger partial charge in [-0.2, -0.15) is 0 Å². The number of carboxylic acid groups (broad SMARTS) is 1. The van der Waals surface area contributed by atoms with Crippen molar-refractivity contribution in [2.24, 2.45) is 5.92 Å². The first-order valence-electron chi connectivity index (χ1n) is 8.71. The molecule has 1 fully saturated rings. The number of nitrogens with zero attached hydrogens (tertiary/aromatic N) is 2. The van der Waals surface area contributed by atoms with Crippen LogP contribution < -0.4 is 9.47 Å². The first-order valence-corrected chi connectivity index (χ1v) is 8.71. The number of likely N-dealkylation sites (N-methyl/N-ethyl adjacent to an activating group) is 1. The molecule has 1 atom stereocenters. The molecule has 1 N–H and O–H groups in total. The SMILES string of the molecule is CC(=O)O.COc1ccccc1OCCN(C)CC1CCC(=O)N(C)C1. The van der Waals surface area contributed by atoms with E-state index in [0.717, 1.165) is 44.5 Å². The van der Waals surface area contributed by atoms with Crippen LogP contribution in [0.4, 0.5) is 0 Å². The molecule has 0 radical (unpaired) electrons. The Morgan fingerprint density at radius 1 is 1.35 bits per heavy atom. The molecule has 0 bridgehead atoms. The monoisotopic (exact) mass is 366 g/mol. The maximum atomic E-state index is 11.5. The Balaban J connectivity index is 0.000000765. The number of rotatable bonds is 7. The number of carbonyl (C=O) groups excluding carboxylic acids is 1. The summed E-state index contributed by atoms with van der Waals surface area (Å²) < 4.78 is 11.1. The number of hydrogen-bond donors (Lipinski definition) is 1. The highest BCUT2D eigenvalue weighted by molar-refractivity contribution is 5.76. The standard InChI is InChI=1S/C17H26N2O3.C2H4O2/c1-18(12-14-8-9-17(20)19(2)13-14)10-11-22-16-7-5-4-6-15(16)21-3;1-2(3)4/h4-7,14H,8-13H2,1-3H3;1H3,(H,3,4). The molecule has 1 amide bonds. The molecule has 1 saturated heterocycles. The second-order valence-electron chi connectivity index (χ2n) is 6.46. The van der Waals surface area contributed by atoms with Gasteiger partial charge in [0.1, 0.15) is 6.61 Å². The van der Waals surface area contributed by atoms with Crippen molar-refractivity contribution < 1.29 is 24.2 Å². The molecule has 7 nitrogen and oxygen atoms in total. The van der Waals surface area contributed by atoms with Gasteiger partial charge < -0.3 is 24.4 Å². The van der Waals surface area contributed by atoms with Crippen LogP contribution in [-0.2, 0) is 9.59 Å². The maximum absolute atomic E-state index is 11.5. The summed E-state index contributed by atoms with van der Waals surface area (Å²) in [7, 11) is 5.64. The summed E-state index contributed by atoms with van der Waals surface area (Å²) in [6.45, 7) is 4.41. The topological polar surface area (TPSA) is 79.3 Å². The molecule has 1 aliphatic heterocycles. The summed E-state index contributed by atoms with van der Waals surface area (Å²) >= 11 is 0. The highest BCUT2D eigenvalue weighted by Crippen LogP contribution is 2.25. The van der Waals surface area contributed by atoms with Crippen LogP contribution in [0.25, 0.3) is 0 Å². The van der Waals surface area contributed by atoms with Crippen molar-refractivity contribution in [1.29, 1.82) is 0 Å². The number of methoxy groups -OCH3 is 1. The van der Waals surface area contributed by atoms with Crippen molar-refractivity contribution in [1.82, 2.24) is 9.80 Å². The number of carbonyl (C=O) groups is 2. The Kier molecular flexibility index (Phi) is 9.51. The van der Waals surface area contributed by atoms with E-state index in [1.165, 1.54) is 0 Å². The van der Waals surface area contributed by atoms with Gasteiger partial charge in [-0.15, -0.1) is 0 Å². The van der Waals surface area contributed by atoms with Gasteiger partial charge in [0.25, 0.3) is 5.97 Å². The zero-order chi connectivity index (χ0) is 19.5.